The van der Waals surface area contributed by atoms with Crippen LogP contribution < -0.4 is 35.9 Å². The van der Waals surface area contributed by atoms with E-state index in [0.717, 1.165) is 55.3 Å². The topological polar surface area (TPSA) is 91.0 Å². The molecule has 220 valence electrons. The van der Waals surface area contributed by atoms with Crippen molar-refractivity contribution in [3.05, 3.63) is 76.8 Å². The van der Waals surface area contributed by atoms with Gasteiger partial charge in [0.2, 0.25) is 5.91 Å². The van der Waals surface area contributed by atoms with E-state index < -0.39 is 11.6 Å². The standard InChI is InChI=1S/C31H34F2N6O3/c1-5-28(40)37-23-12-19(18-39-10-8-38(2)9-11-39)6-7-22(23)36-27-14-21-16-34-24(13-20(21)17-35-27)29-30(32)25(41-3)15-26(42-4)31(29)33/h5-7,12-17,27,35-36H,1,8-11,18H2,2-4H3,(H,37,40). The summed E-state index contributed by atoms with van der Waals surface area (Å²) in [6.07, 6.45) is 6.09. The molecule has 11 heteroatoms. The largest absolute Gasteiger partial charge is 0.494 e. The first-order valence-electron chi connectivity index (χ1n) is 13.6. The molecule has 3 N–H and O–H groups in total. The molecule has 2 aliphatic rings. The van der Waals surface area contributed by atoms with Crippen molar-refractivity contribution in [3.8, 4) is 22.8 Å². The fourth-order valence-electron chi connectivity index (χ4n) is 5.02. The molecule has 1 atom stereocenters. The second kappa shape index (κ2) is 12.6. The van der Waals surface area contributed by atoms with E-state index in [9.17, 15) is 4.79 Å². The van der Waals surface area contributed by atoms with Crippen molar-refractivity contribution in [1.82, 2.24) is 20.1 Å². The van der Waals surface area contributed by atoms with Crippen molar-refractivity contribution in [1.29, 1.82) is 0 Å². The lowest BCUT2D eigenvalue weighted by atomic mass is 10.1. The molecule has 1 saturated heterocycles. The van der Waals surface area contributed by atoms with Gasteiger partial charge in [-0.25, -0.2) is 8.78 Å². The van der Waals surface area contributed by atoms with Crippen LogP contribution in [0.15, 0.2) is 49.2 Å². The third kappa shape index (κ3) is 6.22. The Morgan fingerprint density at radius 1 is 1.07 bits per heavy atom. The van der Waals surface area contributed by atoms with E-state index in [4.69, 9.17) is 9.47 Å². The number of benzene rings is 2. The van der Waals surface area contributed by atoms with Crippen molar-refractivity contribution < 1.29 is 23.0 Å². The fourth-order valence-corrected chi connectivity index (χ4v) is 5.02. The van der Waals surface area contributed by atoms with Gasteiger partial charge in [-0.3, -0.25) is 14.7 Å². The number of pyridine rings is 1. The van der Waals surface area contributed by atoms with Crippen molar-refractivity contribution in [2.24, 2.45) is 0 Å². The van der Waals surface area contributed by atoms with Crippen LogP contribution in [0.25, 0.3) is 23.5 Å². The highest BCUT2D eigenvalue weighted by Crippen LogP contribution is 2.36. The maximum atomic E-state index is 15.1. The van der Waals surface area contributed by atoms with Crippen LogP contribution in [0.3, 0.4) is 0 Å². The lowest BCUT2D eigenvalue weighted by molar-refractivity contribution is -0.111. The number of amides is 1. The molecule has 3 heterocycles. The number of likely N-dealkylation sites (N-methyl/N-ethyl adjacent to an activating group) is 1. The maximum Gasteiger partial charge on any atom is 0.247 e. The van der Waals surface area contributed by atoms with E-state index >= 15 is 8.78 Å². The van der Waals surface area contributed by atoms with Crippen LogP contribution in [0, 0.1) is 11.6 Å². The molecule has 0 bridgehead atoms. The number of anilines is 2. The van der Waals surface area contributed by atoms with E-state index in [2.05, 4.69) is 44.4 Å². The first-order chi connectivity index (χ1) is 20.3. The lowest BCUT2D eigenvalue weighted by Gasteiger charge is -2.32. The van der Waals surface area contributed by atoms with E-state index in [0.29, 0.717) is 10.9 Å². The SMILES string of the molecule is C=CC(=O)Nc1cc(CN2CCN(C)CC2)ccc1NC1C=c2cnc(-c3c(F)c(OC)cc(OC)c3F)cc2=CN1. The van der Waals surface area contributed by atoms with Crippen LogP contribution in [0.5, 0.6) is 11.5 Å². The summed E-state index contributed by atoms with van der Waals surface area (Å²) in [5.41, 5.74) is 2.22. The van der Waals surface area contributed by atoms with Crippen LogP contribution >= 0.6 is 0 Å². The van der Waals surface area contributed by atoms with Crippen LogP contribution in [0.2, 0.25) is 0 Å². The summed E-state index contributed by atoms with van der Waals surface area (Å²) in [5.74, 6) is -2.32. The van der Waals surface area contributed by atoms with Gasteiger partial charge in [0.1, 0.15) is 6.17 Å². The molecule has 0 aliphatic carbocycles. The average Bonchev–Trinajstić information content (AvgIpc) is 2.99. The molecule has 2 aromatic carbocycles. The molecule has 1 amide bonds. The second-order valence-corrected chi connectivity index (χ2v) is 10.2. The Bertz CT molecular complexity index is 1590. The average molecular weight is 577 g/mol. The number of carbonyl (C=O) groups excluding carboxylic acids is 1. The summed E-state index contributed by atoms with van der Waals surface area (Å²) in [4.78, 5) is 21.3. The van der Waals surface area contributed by atoms with Gasteiger partial charge in [0, 0.05) is 61.6 Å². The quantitative estimate of drug-likeness (QED) is 0.335. The number of hydrogen-bond acceptors (Lipinski definition) is 8. The number of methoxy groups -OCH3 is 2. The summed E-state index contributed by atoms with van der Waals surface area (Å²) in [6.45, 7) is 8.38. The number of aromatic nitrogens is 1. The van der Waals surface area contributed by atoms with Gasteiger partial charge in [0.05, 0.1) is 36.9 Å². The smallest absolute Gasteiger partial charge is 0.247 e. The molecule has 9 nitrogen and oxygen atoms in total. The van der Waals surface area contributed by atoms with E-state index in [-0.39, 0.29) is 34.8 Å². The zero-order chi connectivity index (χ0) is 29.8. The summed E-state index contributed by atoms with van der Waals surface area (Å²) in [7, 11) is 4.73. The highest BCUT2D eigenvalue weighted by atomic mass is 19.1. The third-order valence-corrected chi connectivity index (χ3v) is 7.40. The zero-order valence-electron chi connectivity index (χ0n) is 23.8. The van der Waals surface area contributed by atoms with Gasteiger partial charge < -0.3 is 30.3 Å². The number of rotatable bonds is 9. The monoisotopic (exact) mass is 576 g/mol. The molecule has 0 radical (unpaired) electrons. The predicted molar refractivity (Wildman–Crippen MR) is 159 cm³/mol. The molecule has 0 spiro atoms. The van der Waals surface area contributed by atoms with Gasteiger partial charge in [-0.15, -0.1) is 0 Å². The minimum absolute atomic E-state index is 0.101. The predicted octanol–water partition coefficient (Wildman–Crippen LogP) is 2.48. The number of halogens is 2. The van der Waals surface area contributed by atoms with Crippen LogP contribution in [0.4, 0.5) is 20.2 Å². The Labute approximate surface area is 243 Å². The highest BCUT2D eigenvalue weighted by Gasteiger charge is 2.23. The molecule has 1 fully saturated rings. The number of carbonyl (C=O) groups is 1. The number of nitrogens with zero attached hydrogens (tertiary/aromatic N) is 3. The van der Waals surface area contributed by atoms with Crippen LogP contribution in [-0.4, -0.2) is 74.3 Å². The molecule has 5 rings (SSSR count). The Balaban J connectivity index is 1.40. The molecule has 2 aliphatic heterocycles. The number of hydrogen-bond donors (Lipinski definition) is 3. The number of fused-ring (bicyclic) bond motifs is 1. The molecule has 0 saturated carbocycles. The highest BCUT2D eigenvalue weighted by molar-refractivity contribution is 6.01. The molecular formula is C31H34F2N6O3. The van der Waals surface area contributed by atoms with Crippen LogP contribution in [0.1, 0.15) is 5.56 Å². The number of piperazine rings is 1. The summed E-state index contributed by atoms with van der Waals surface area (Å²) >= 11 is 0. The van der Waals surface area contributed by atoms with Gasteiger partial charge in [-0.1, -0.05) is 12.6 Å². The Hall–Kier alpha value is -4.48. The van der Waals surface area contributed by atoms with E-state index in [1.54, 1.807) is 18.5 Å². The van der Waals surface area contributed by atoms with Gasteiger partial charge >= 0.3 is 0 Å². The number of ether oxygens (including phenoxy) is 2. The molecule has 1 unspecified atom stereocenters. The summed E-state index contributed by atoms with van der Waals surface area (Å²) < 4.78 is 40.2. The van der Waals surface area contributed by atoms with Crippen molar-refractivity contribution in [2.75, 3.05) is 58.1 Å². The number of nitrogens with one attached hydrogen (secondary N) is 3. The second-order valence-electron chi connectivity index (χ2n) is 10.2. The lowest BCUT2D eigenvalue weighted by Crippen LogP contribution is -2.43. The Morgan fingerprint density at radius 2 is 1.79 bits per heavy atom. The summed E-state index contributed by atoms with van der Waals surface area (Å²) in [5, 5.41) is 11.0. The van der Waals surface area contributed by atoms with E-state index in [1.807, 2.05) is 24.3 Å². The van der Waals surface area contributed by atoms with Gasteiger partial charge in [0.15, 0.2) is 23.1 Å². The molecule has 42 heavy (non-hydrogen) atoms. The maximum absolute atomic E-state index is 15.1. The van der Waals surface area contributed by atoms with Gasteiger partial charge in [-0.2, -0.15) is 0 Å². The third-order valence-electron chi connectivity index (χ3n) is 7.40. The fraction of sp³-hybridized carbons (Fsp3) is 0.290. The molecular weight excluding hydrogens is 542 g/mol. The van der Waals surface area contributed by atoms with E-state index in [1.165, 1.54) is 20.3 Å². The molecule has 3 aromatic rings. The van der Waals surface area contributed by atoms with Crippen molar-refractivity contribution in [3.63, 3.8) is 0 Å². The minimum Gasteiger partial charge on any atom is -0.494 e. The Morgan fingerprint density at radius 3 is 2.45 bits per heavy atom. The zero-order valence-corrected chi connectivity index (χ0v) is 23.8. The minimum atomic E-state index is -0.860. The first kappa shape index (κ1) is 29.0. The summed E-state index contributed by atoms with van der Waals surface area (Å²) in [6, 6.07) is 8.72. The molecule has 1 aromatic heterocycles. The van der Waals surface area contributed by atoms with Crippen LogP contribution in [-0.2, 0) is 11.3 Å². The Kier molecular flexibility index (Phi) is 8.69. The van der Waals surface area contributed by atoms with Crippen molar-refractivity contribution in [2.45, 2.75) is 12.7 Å². The van der Waals surface area contributed by atoms with Gasteiger partial charge in [-0.05, 0) is 43.0 Å². The first-order valence-corrected chi connectivity index (χ1v) is 13.6. The van der Waals surface area contributed by atoms with Crippen molar-refractivity contribution >= 4 is 29.6 Å². The van der Waals surface area contributed by atoms with Gasteiger partial charge in [0.25, 0.3) is 0 Å². The normalized spacial score (nSPS) is 16.7.